The summed E-state index contributed by atoms with van der Waals surface area (Å²) in [6.45, 7) is 3.96. The van der Waals surface area contributed by atoms with Crippen LogP contribution in [0.15, 0.2) is 48.5 Å². The number of nitrogens with zero attached hydrogens (tertiary/aromatic N) is 2. The van der Waals surface area contributed by atoms with Crippen LogP contribution in [0.1, 0.15) is 21.5 Å². The van der Waals surface area contributed by atoms with E-state index in [1.54, 1.807) is 4.68 Å². The quantitative estimate of drug-likeness (QED) is 0.780. The van der Waals surface area contributed by atoms with E-state index < -0.39 is 5.91 Å². The van der Waals surface area contributed by atoms with Gasteiger partial charge in [0.25, 0.3) is 5.91 Å². The number of hydrogen-bond donors (Lipinski definition) is 2. The molecule has 1 heterocycles. The maximum atomic E-state index is 11.9. The monoisotopic (exact) mass is 306 g/mol. The van der Waals surface area contributed by atoms with Gasteiger partial charge in [-0.2, -0.15) is 5.10 Å². The van der Waals surface area contributed by atoms with Crippen LogP contribution in [-0.2, 0) is 0 Å². The summed E-state index contributed by atoms with van der Waals surface area (Å²) in [6, 6.07) is 15.4. The van der Waals surface area contributed by atoms with Gasteiger partial charge in [0, 0.05) is 5.56 Å². The molecule has 4 N–H and O–H groups in total. The first-order chi connectivity index (χ1) is 11.0. The van der Waals surface area contributed by atoms with E-state index in [-0.39, 0.29) is 11.4 Å². The van der Waals surface area contributed by atoms with E-state index in [0.29, 0.717) is 5.69 Å². The van der Waals surface area contributed by atoms with Crippen molar-refractivity contribution in [3.8, 4) is 16.9 Å². The summed E-state index contributed by atoms with van der Waals surface area (Å²) in [5.74, 6) is -0.333. The summed E-state index contributed by atoms with van der Waals surface area (Å²) in [4.78, 5) is 11.9. The lowest BCUT2D eigenvalue weighted by molar-refractivity contribution is 0.100. The number of rotatable bonds is 3. The molecule has 0 atom stereocenters. The van der Waals surface area contributed by atoms with E-state index >= 15 is 0 Å². The molecule has 5 nitrogen and oxygen atoms in total. The second kappa shape index (κ2) is 5.61. The van der Waals surface area contributed by atoms with Gasteiger partial charge in [-0.3, -0.25) is 4.79 Å². The number of primary amides is 1. The van der Waals surface area contributed by atoms with Crippen molar-refractivity contribution < 1.29 is 4.79 Å². The number of nitrogen functional groups attached to an aromatic ring is 1. The van der Waals surface area contributed by atoms with Crippen LogP contribution in [0.4, 0.5) is 5.82 Å². The van der Waals surface area contributed by atoms with Gasteiger partial charge in [0.15, 0.2) is 0 Å². The molecule has 116 valence electrons. The van der Waals surface area contributed by atoms with E-state index in [4.69, 9.17) is 11.5 Å². The fourth-order valence-electron chi connectivity index (χ4n) is 2.57. The molecule has 3 rings (SSSR count). The van der Waals surface area contributed by atoms with E-state index in [2.05, 4.69) is 5.10 Å². The van der Waals surface area contributed by atoms with Crippen molar-refractivity contribution in [1.82, 2.24) is 9.78 Å². The van der Waals surface area contributed by atoms with Crippen molar-refractivity contribution in [3.05, 3.63) is 65.2 Å². The lowest BCUT2D eigenvalue weighted by atomic mass is 10.1. The number of anilines is 1. The Hall–Kier alpha value is -3.08. The zero-order chi connectivity index (χ0) is 16.6. The Bertz CT molecular complexity index is 879. The molecule has 2 aromatic carbocycles. The summed E-state index contributed by atoms with van der Waals surface area (Å²) in [5.41, 5.74) is 16.2. The summed E-state index contributed by atoms with van der Waals surface area (Å²) in [7, 11) is 0. The molecule has 0 bridgehead atoms. The third-order valence-electron chi connectivity index (χ3n) is 3.84. The van der Waals surface area contributed by atoms with Gasteiger partial charge < -0.3 is 11.5 Å². The lowest BCUT2D eigenvalue weighted by Crippen LogP contribution is -2.14. The first-order valence-corrected chi connectivity index (χ1v) is 7.30. The number of aromatic nitrogens is 2. The molecule has 5 heteroatoms. The fourth-order valence-corrected chi connectivity index (χ4v) is 2.57. The number of nitrogens with two attached hydrogens (primary N) is 2. The number of para-hydroxylation sites is 1. The highest BCUT2D eigenvalue weighted by atomic mass is 16.1. The SMILES string of the molecule is Cc1ccc(-c2nn(-c3ccccc3C)c(N)c2C(N)=O)cc1. The first-order valence-electron chi connectivity index (χ1n) is 7.30. The Labute approximate surface area is 134 Å². The highest BCUT2D eigenvalue weighted by Gasteiger charge is 2.22. The molecule has 0 aliphatic heterocycles. The number of hydrogen-bond acceptors (Lipinski definition) is 3. The topological polar surface area (TPSA) is 86.9 Å². The van der Waals surface area contributed by atoms with E-state index in [1.807, 2.05) is 62.4 Å². The van der Waals surface area contributed by atoms with Crippen molar-refractivity contribution in [3.63, 3.8) is 0 Å². The maximum absolute atomic E-state index is 11.9. The van der Waals surface area contributed by atoms with Gasteiger partial charge in [0.1, 0.15) is 17.1 Å². The first kappa shape index (κ1) is 14.8. The van der Waals surface area contributed by atoms with Crippen LogP contribution < -0.4 is 11.5 Å². The van der Waals surface area contributed by atoms with Gasteiger partial charge >= 0.3 is 0 Å². The Morgan fingerprint density at radius 2 is 1.70 bits per heavy atom. The van der Waals surface area contributed by atoms with Gasteiger partial charge in [0.05, 0.1) is 5.69 Å². The summed E-state index contributed by atoms with van der Waals surface area (Å²) in [5, 5.41) is 4.55. The molecule has 0 fully saturated rings. The van der Waals surface area contributed by atoms with Gasteiger partial charge in [-0.1, -0.05) is 48.0 Å². The lowest BCUT2D eigenvalue weighted by Gasteiger charge is -2.07. The van der Waals surface area contributed by atoms with Crippen LogP contribution in [-0.4, -0.2) is 15.7 Å². The van der Waals surface area contributed by atoms with Gasteiger partial charge in [-0.25, -0.2) is 4.68 Å². The number of benzene rings is 2. The van der Waals surface area contributed by atoms with Crippen molar-refractivity contribution in [1.29, 1.82) is 0 Å². The highest BCUT2D eigenvalue weighted by molar-refractivity contribution is 6.03. The molecule has 0 saturated carbocycles. The minimum absolute atomic E-state index is 0.247. The number of aryl methyl sites for hydroxylation is 2. The minimum Gasteiger partial charge on any atom is -0.383 e. The van der Waals surface area contributed by atoms with E-state index in [0.717, 1.165) is 22.4 Å². The largest absolute Gasteiger partial charge is 0.383 e. The van der Waals surface area contributed by atoms with Gasteiger partial charge in [-0.15, -0.1) is 0 Å². The highest BCUT2D eigenvalue weighted by Crippen LogP contribution is 2.30. The van der Waals surface area contributed by atoms with Crippen LogP contribution in [0.3, 0.4) is 0 Å². The standard InChI is InChI=1S/C18H18N4O/c1-11-7-9-13(10-8-11)16-15(18(20)23)17(19)22(21-16)14-6-4-3-5-12(14)2/h3-10H,19H2,1-2H3,(H2,20,23). The van der Waals surface area contributed by atoms with Gasteiger partial charge in [-0.05, 0) is 25.5 Å². The van der Waals surface area contributed by atoms with E-state index in [1.165, 1.54) is 0 Å². The third kappa shape index (κ3) is 2.57. The Kier molecular flexibility index (Phi) is 3.62. The molecule has 0 saturated heterocycles. The second-order valence-corrected chi connectivity index (χ2v) is 5.54. The summed E-state index contributed by atoms with van der Waals surface area (Å²) < 4.78 is 1.57. The third-order valence-corrected chi connectivity index (χ3v) is 3.84. The average molecular weight is 306 g/mol. The normalized spacial score (nSPS) is 10.7. The Morgan fingerprint density at radius 3 is 2.30 bits per heavy atom. The molecule has 0 spiro atoms. The maximum Gasteiger partial charge on any atom is 0.254 e. The summed E-state index contributed by atoms with van der Waals surface area (Å²) >= 11 is 0. The molecular weight excluding hydrogens is 288 g/mol. The van der Waals surface area contributed by atoms with Crippen molar-refractivity contribution >= 4 is 11.7 Å². The molecule has 23 heavy (non-hydrogen) atoms. The van der Waals surface area contributed by atoms with Crippen molar-refractivity contribution in [2.45, 2.75) is 13.8 Å². The number of amides is 1. The predicted molar refractivity (Wildman–Crippen MR) is 91.4 cm³/mol. The zero-order valence-electron chi connectivity index (χ0n) is 13.1. The number of carbonyl (C=O) groups excluding carboxylic acids is 1. The molecule has 0 radical (unpaired) electrons. The van der Waals surface area contributed by atoms with Gasteiger partial charge in [0.2, 0.25) is 0 Å². The van der Waals surface area contributed by atoms with Crippen molar-refractivity contribution in [2.24, 2.45) is 5.73 Å². The molecule has 3 aromatic rings. The molecule has 0 aliphatic carbocycles. The minimum atomic E-state index is -0.585. The zero-order valence-corrected chi connectivity index (χ0v) is 13.1. The number of carbonyl (C=O) groups is 1. The average Bonchev–Trinajstić information content (AvgIpc) is 2.86. The smallest absolute Gasteiger partial charge is 0.254 e. The molecule has 1 aromatic heterocycles. The van der Waals surface area contributed by atoms with Crippen LogP contribution in [0.5, 0.6) is 0 Å². The molecule has 0 unspecified atom stereocenters. The Balaban J connectivity index is 2.25. The van der Waals surface area contributed by atoms with Crippen LogP contribution in [0.2, 0.25) is 0 Å². The van der Waals surface area contributed by atoms with E-state index in [9.17, 15) is 4.79 Å². The molecule has 1 amide bonds. The van der Waals surface area contributed by atoms with Crippen molar-refractivity contribution in [2.75, 3.05) is 5.73 Å². The predicted octanol–water partition coefficient (Wildman–Crippen LogP) is 2.84. The van der Waals surface area contributed by atoms with Crippen LogP contribution in [0.25, 0.3) is 16.9 Å². The molecule has 0 aliphatic rings. The Morgan fingerprint density at radius 1 is 1.04 bits per heavy atom. The second-order valence-electron chi connectivity index (χ2n) is 5.54. The fraction of sp³-hybridized carbons (Fsp3) is 0.111. The summed E-state index contributed by atoms with van der Waals surface area (Å²) in [6.07, 6.45) is 0. The van der Waals surface area contributed by atoms with Crippen LogP contribution >= 0.6 is 0 Å². The van der Waals surface area contributed by atoms with Crippen LogP contribution in [0, 0.1) is 13.8 Å². The molecular formula is C18H18N4O.